The largest absolute Gasteiger partial charge is 0.451 e. The minimum absolute atomic E-state index is 0.0960. The maximum absolute atomic E-state index is 13.1. The maximum atomic E-state index is 13.1. The Hall–Kier alpha value is -3.48. The van der Waals surface area contributed by atoms with Gasteiger partial charge in [-0.1, -0.05) is 32.0 Å². The average molecular weight is 418 g/mol. The number of hydrogen-bond donors (Lipinski definition) is 1. The Balaban J connectivity index is 1.67. The van der Waals surface area contributed by atoms with Crippen LogP contribution < -0.4 is 0 Å². The van der Waals surface area contributed by atoms with Gasteiger partial charge in [0.15, 0.2) is 11.8 Å². The molecule has 0 aliphatic carbocycles. The van der Waals surface area contributed by atoms with Gasteiger partial charge in [-0.05, 0) is 38.8 Å². The van der Waals surface area contributed by atoms with E-state index in [1.807, 2.05) is 52.0 Å². The Morgan fingerprint density at radius 1 is 1.03 bits per heavy atom. The number of H-pyrrole nitrogens is 1. The predicted molar refractivity (Wildman–Crippen MR) is 120 cm³/mol. The molecule has 160 valence electrons. The number of esters is 1. The fourth-order valence-electron chi connectivity index (χ4n) is 3.65. The van der Waals surface area contributed by atoms with Crippen LogP contribution >= 0.6 is 0 Å². The van der Waals surface area contributed by atoms with Crippen LogP contribution in [0, 0.1) is 0 Å². The number of aromatic amines is 1. The van der Waals surface area contributed by atoms with Crippen molar-refractivity contribution in [2.75, 3.05) is 0 Å². The molecule has 4 rings (SSSR count). The molecule has 0 spiro atoms. The molecule has 31 heavy (non-hydrogen) atoms. The van der Waals surface area contributed by atoms with Crippen molar-refractivity contribution in [2.45, 2.75) is 52.7 Å². The third-order valence-electron chi connectivity index (χ3n) is 5.39. The normalized spacial score (nSPS) is 12.7. The van der Waals surface area contributed by atoms with Crippen molar-refractivity contribution >= 4 is 33.7 Å². The molecular weight excluding hydrogens is 392 g/mol. The first-order chi connectivity index (χ1) is 14.8. The highest BCUT2D eigenvalue weighted by atomic mass is 16.5. The Morgan fingerprint density at radius 2 is 1.77 bits per heavy atom. The van der Waals surface area contributed by atoms with Gasteiger partial charge < -0.3 is 9.72 Å². The molecule has 0 aliphatic heterocycles. The van der Waals surface area contributed by atoms with Crippen molar-refractivity contribution in [2.24, 2.45) is 0 Å². The van der Waals surface area contributed by atoms with Gasteiger partial charge in [0.25, 0.3) is 0 Å². The van der Waals surface area contributed by atoms with E-state index in [-0.39, 0.29) is 17.7 Å². The second kappa shape index (κ2) is 7.98. The first kappa shape index (κ1) is 20.8. The van der Waals surface area contributed by atoms with Gasteiger partial charge in [0, 0.05) is 34.4 Å². The van der Waals surface area contributed by atoms with E-state index in [1.54, 1.807) is 30.1 Å². The van der Waals surface area contributed by atoms with Gasteiger partial charge >= 0.3 is 5.97 Å². The molecular formula is C24H26N4O3. The molecule has 1 aromatic carbocycles. The van der Waals surface area contributed by atoms with Gasteiger partial charge in [-0.3, -0.25) is 4.79 Å². The molecule has 1 atom stereocenters. The topological polar surface area (TPSA) is 89.9 Å². The zero-order valence-electron chi connectivity index (χ0n) is 18.3. The molecule has 7 heteroatoms. The Morgan fingerprint density at radius 3 is 2.48 bits per heavy atom. The number of nitrogens with zero attached hydrogens (tertiary/aromatic N) is 3. The third-order valence-corrected chi connectivity index (χ3v) is 5.39. The number of rotatable bonds is 6. The molecule has 7 nitrogen and oxygen atoms in total. The fourth-order valence-corrected chi connectivity index (χ4v) is 3.65. The van der Waals surface area contributed by atoms with Crippen LogP contribution in [0.3, 0.4) is 0 Å². The second-order valence-electron chi connectivity index (χ2n) is 8.33. The van der Waals surface area contributed by atoms with Crippen molar-refractivity contribution < 1.29 is 14.3 Å². The fraction of sp³-hybridized carbons (Fsp3) is 0.333. The predicted octanol–water partition coefficient (Wildman–Crippen LogP) is 5.05. The number of fused-ring (bicyclic) bond motifs is 2. The van der Waals surface area contributed by atoms with E-state index in [0.29, 0.717) is 22.2 Å². The molecule has 0 saturated heterocycles. The summed E-state index contributed by atoms with van der Waals surface area (Å²) < 4.78 is 7.41. The van der Waals surface area contributed by atoms with Crippen LogP contribution in [0.25, 0.3) is 21.9 Å². The van der Waals surface area contributed by atoms with Crippen LogP contribution in [-0.2, 0) is 4.74 Å². The first-order valence-corrected chi connectivity index (χ1v) is 10.5. The Kier molecular flexibility index (Phi) is 5.35. The minimum atomic E-state index is -0.933. The summed E-state index contributed by atoms with van der Waals surface area (Å²) in [5.74, 6) is -0.687. The van der Waals surface area contributed by atoms with Gasteiger partial charge in [-0.25, -0.2) is 14.5 Å². The first-order valence-electron chi connectivity index (χ1n) is 10.5. The number of aromatic nitrogens is 4. The number of benzene rings is 1. The quantitative estimate of drug-likeness (QED) is 0.350. The minimum Gasteiger partial charge on any atom is -0.451 e. The number of carbonyl (C=O) groups excluding carboxylic acids is 2. The zero-order valence-corrected chi connectivity index (χ0v) is 18.3. The lowest BCUT2D eigenvalue weighted by molar-refractivity contribution is 0.0321. The summed E-state index contributed by atoms with van der Waals surface area (Å²) in [4.78, 5) is 33.9. The number of ketones is 1. The van der Waals surface area contributed by atoms with Gasteiger partial charge in [0.2, 0.25) is 5.78 Å². The maximum Gasteiger partial charge on any atom is 0.339 e. The van der Waals surface area contributed by atoms with E-state index in [9.17, 15) is 9.59 Å². The molecule has 0 amide bonds. The summed E-state index contributed by atoms with van der Waals surface area (Å²) >= 11 is 0. The number of Topliss-reactive ketones (excluding diaryl/α,β-unsaturated/α-hetero) is 1. The number of hydrogen-bond acceptors (Lipinski definition) is 5. The standard InChI is InChI=1S/C24H26N4O3/c1-13(2)21-10-17(19-12-26-28(14(3)4)23(19)27-21)24(30)31-15(5)22(29)18-11-25-20-9-7-6-8-16(18)20/h6-15,25H,1-5H3/t15-/m0/s1. The molecule has 0 radical (unpaired) electrons. The highest BCUT2D eigenvalue weighted by molar-refractivity contribution is 6.11. The summed E-state index contributed by atoms with van der Waals surface area (Å²) in [5, 5.41) is 5.83. The van der Waals surface area contributed by atoms with Gasteiger partial charge in [-0.15, -0.1) is 0 Å². The molecule has 3 aromatic heterocycles. The molecule has 4 aromatic rings. The van der Waals surface area contributed by atoms with E-state index in [4.69, 9.17) is 9.72 Å². The number of ether oxygens (including phenoxy) is 1. The van der Waals surface area contributed by atoms with Crippen molar-refractivity contribution in [3.63, 3.8) is 0 Å². The average Bonchev–Trinajstić information content (AvgIpc) is 3.36. The molecule has 0 saturated carbocycles. The van der Waals surface area contributed by atoms with Gasteiger partial charge in [-0.2, -0.15) is 5.10 Å². The highest BCUT2D eigenvalue weighted by Gasteiger charge is 2.25. The monoisotopic (exact) mass is 418 g/mol. The summed E-state index contributed by atoms with van der Waals surface area (Å²) in [6.45, 7) is 9.65. The van der Waals surface area contributed by atoms with Gasteiger partial charge in [0.1, 0.15) is 0 Å². The lowest BCUT2D eigenvalue weighted by atomic mass is 10.0. The molecule has 0 bridgehead atoms. The van der Waals surface area contributed by atoms with Crippen LogP contribution in [0.4, 0.5) is 0 Å². The van der Waals surface area contributed by atoms with Crippen LogP contribution in [0.1, 0.15) is 73.0 Å². The van der Waals surface area contributed by atoms with Crippen molar-refractivity contribution in [1.29, 1.82) is 0 Å². The molecule has 1 N–H and O–H groups in total. The zero-order chi connectivity index (χ0) is 22.3. The highest BCUT2D eigenvalue weighted by Crippen LogP contribution is 2.26. The van der Waals surface area contributed by atoms with Crippen LogP contribution in [-0.4, -0.2) is 37.6 Å². The Labute approximate surface area is 180 Å². The molecule has 0 unspecified atom stereocenters. The van der Waals surface area contributed by atoms with E-state index in [0.717, 1.165) is 16.6 Å². The lowest BCUT2D eigenvalue weighted by Crippen LogP contribution is -2.24. The van der Waals surface area contributed by atoms with Crippen molar-refractivity contribution in [1.82, 2.24) is 19.7 Å². The number of carbonyl (C=O) groups is 2. The number of para-hydroxylation sites is 1. The SMILES string of the molecule is CC(C)c1cc(C(=O)O[C@@H](C)C(=O)c2c[nH]c3ccccc23)c2cnn(C(C)C)c2n1. The van der Waals surface area contributed by atoms with Crippen molar-refractivity contribution in [3.8, 4) is 0 Å². The smallest absolute Gasteiger partial charge is 0.339 e. The van der Waals surface area contributed by atoms with Crippen LogP contribution in [0.5, 0.6) is 0 Å². The number of nitrogens with one attached hydrogen (secondary N) is 1. The van der Waals surface area contributed by atoms with E-state index in [2.05, 4.69) is 10.1 Å². The van der Waals surface area contributed by atoms with Gasteiger partial charge in [0.05, 0.1) is 17.1 Å². The summed E-state index contributed by atoms with van der Waals surface area (Å²) in [6, 6.07) is 9.38. The molecule has 0 fully saturated rings. The summed E-state index contributed by atoms with van der Waals surface area (Å²) in [6.07, 6.45) is 2.36. The van der Waals surface area contributed by atoms with Crippen LogP contribution in [0.15, 0.2) is 42.7 Å². The van der Waals surface area contributed by atoms with E-state index < -0.39 is 12.1 Å². The van der Waals surface area contributed by atoms with Crippen LogP contribution in [0.2, 0.25) is 0 Å². The second-order valence-corrected chi connectivity index (χ2v) is 8.33. The number of pyridine rings is 1. The third kappa shape index (κ3) is 3.71. The Bertz CT molecular complexity index is 1280. The van der Waals surface area contributed by atoms with Crippen molar-refractivity contribution in [3.05, 3.63) is 59.5 Å². The lowest BCUT2D eigenvalue weighted by Gasteiger charge is -2.14. The summed E-state index contributed by atoms with van der Waals surface area (Å²) in [5.41, 5.74) is 3.16. The van der Waals surface area contributed by atoms with E-state index in [1.165, 1.54) is 0 Å². The molecule has 3 heterocycles. The molecule has 0 aliphatic rings. The van der Waals surface area contributed by atoms with E-state index >= 15 is 0 Å². The summed E-state index contributed by atoms with van der Waals surface area (Å²) in [7, 11) is 0.